The third-order valence-electron chi connectivity index (χ3n) is 5.16. The molecule has 1 fully saturated rings. The topological polar surface area (TPSA) is 82.3 Å². The number of nitrogens with one attached hydrogen (secondary N) is 2. The molecular formula is C18H25N3O3. The highest BCUT2D eigenvalue weighted by atomic mass is 16.2. The quantitative estimate of drug-likeness (QED) is 0.873. The molecule has 130 valence electrons. The van der Waals surface area contributed by atoms with E-state index in [4.69, 9.17) is 0 Å². The number of aromatic nitrogens is 1. The van der Waals surface area contributed by atoms with Crippen LogP contribution >= 0.6 is 0 Å². The SMILES string of the molecule is CCN1CCCC1CNC(=O)c1cc2c([nH]c1=O)CC(C)CC2=O. The zero-order valence-electron chi connectivity index (χ0n) is 14.4. The number of ketones is 1. The second-order valence-electron chi connectivity index (χ2n) is 6.98. The molecule has 1 aromatic rings. The lowest BCUT2D eigenvalue weighted by atomic mass is 9.86. The van der Waals surface area contributed by atoms with E-state index >= 15 is 0 Å². The van der Waals surface area contributed by atoms with Crippen molar-refractivity contribution in [1.29, 1.82) is 0 Å². The van der Waals surface area contributed by atoms with E-state index in [2.05, 4.69) is 22.1 Å². The van der Waals surface area contributed by atoms with Crippen LogP contribution in [0.25, 0.3) is 0 Å². The van der Waals surface area contributed by atoms with Gasteiger partial charge in [0.05, 0.1) is 0 Å². The van der Waals surface area contributed by atoms with Gasteiger partial charge in [-0.05, 0) is 44.3 Å². The number of pyridine rings is 1. The lowest BCUT2D eigenvalue weighted by Gasteiger charge is -2.23. The Kier molecular flexibility index (Phi) is 4.85. The molecule has 2 aliphatic rings. The highest BCUT2D eigenvalue weighted by Gasteiger charge is 2.27. The molecule has 2 N–H and O–H groups in total. The van der Waals surface area contributed by atoms with Crippen LogP contribution in [0.3, 0.4) is 0 Å². The number of carbonyl (C=O) groups is 2. The maximum atomic E-state index is 12.4. The Labute approximate surface area is 141 Å². The van der Waals surface area contributed by atoms with Crippen molar-refractivity contribution in [2.24, 2.45) is 5.92 Å². The van der Waals surface area contributed by atoms with Gasteiger partial charge in [-0.2, -0.15) is 0 Å². The maximum absolute atomic E-state index is 12.4. The van der Waals surface area contributed by atoms with Gasteiger partial charge in [-0.3, -0.25) is 19.3 Å². The molecule has 6 heteroatoms. The number of fused-ring (bicyclic) bond motifs is 1. The predicted octanol–water partition coefficient (Wildman–Crippen LogP) is 1.35. The second-order valence-corrected chi connectivity index (χ2v) is 6.98. The van der Waals surface area contributed by atoms with Gasteiger partial charge in [0.25, 0.3) is 11.5 Å². The van der Waals surface area contributed by atoms with Gasteiger partial charge < -0.3 is 10.3 Å². The van der Waals surface area contributed by atoms with Crippen LogP contribution in [0.15, 0.2) is 10.9 Å². The van der Waals surface area contributed by atoms with Crippen LogP contribution in [-0.2, 0) is 6.42 Å². The van der Waals surface area contributed by atoms with Crippen molar-refractivity contribution in [3.63, 3.8) is 0 Å². The average Bonchev–Trinajstić information content (AvgIpc) is 2.99. The zero-order valence-corrected chi connectivity index (χ0v) is 14.4. The third-order valence-corrected chi connectivity index (χ3v) is 5.16. The molecule has 2 atom stereocenters. The second kappa shape index (κ2) is 6.89. The summed E-state index contributed by atoms with van der Waals surface area (Å²) >= 11 is 0. The van der Waals surface area contributed by atoms with Gasteiger partial charge in [0.15, 0.2) is 5.78 Å². The van der Waals surface area contributed by atoms with Gasteiger partial charge in [0, 0.05) is 30.3 Å². The van der Waals surface area contributed by atoms with Crippen molar-refractivity contribution in [3.05, 3.63) is 33.2 Å². The molecule has 1 aliphatic heterocycles. The Bertz CT molecular complexity index is 710. The van der Waals surface area contributed by atoms with Crippen molar-refractivity contribution >= 4 is 11.7 Å². The summed E-state index contributed by atoms with van der Waals surface area (Å²) in [6, 6.07) is 1.81. The van der Waals surface area contributed by atoms with Crippen molar-refractivity contribution in [3.8, 4) is 0 Å². The van der Waals surface area contributed by atoms with Crippen molar-refractivity contribution in [1.82, 2.24) is 15.2 Å². The first-order valence-electron chi connectivity index (χ1n) is 8.81. The molecule has 1 saturated heterocycles. The lowest BCUT2D eigenvalue weighted by molar-refractivity contribution is 0.0939. The number of aromatic amines is 1. The van der Waals surface area contributed by atoms with Crippen molar-refractivity contribution < 1.29 is 9.59 Å². The van der Waals surface area contributed by atoms with Crippen LogP contribution < -0.4 is 10.9 Å². The lowest BCUT2D eigenvalue weighted by Crippen LogP contribution is -2.41. The Morgan fingerprint density at radius 3 is 2.92 bits per heavy atom. The fourth-order valence-electron chi connectivity index (χ4n) is 3.84. The Balaban J connectivity index is 1.75. The first-order valence-corrected chi connectivity index (χ1v) is 8.81. The van der Waals surface area contributed by atoms with Crippen LogP contribution in [0.4, 0.5) is 0 Å². The molecule has 1 amide bonds. The number of likely N-dealkylation sites (tertiary alicyclic amines) is 1. The van der Waals surface area contributed by atoms with Crippen LogP contribution in [0, 0.1) is 5.92 Å². The summed E-state index contributed by atoms with van der Waals surface area (Å²) in [6.45, 7) is 6.66. The van der Waals surface area contributed by atoms with E-state index in [1.54, 1.807) is 0 Å². The van der Waals surface area contributed by atoms with Gasteiger partial charge >= 0.3 is 0 Å². The summed E-state index contributed by atoms with van der Waals surface area (Å²) in [6.07, 6.45) is 3.34. The minimum absolute atomic E-state index is 0.00185. The van der Waals surface area contributed by atoms with E-state index in [1.165, 1.54) is 6.07 Å². The highest BCUT2D eigenvalue weighted by molar-refractivity contribution is 6.01. The summed E-state index contributed by atoms with van der Waals surface area (Å²) < 4.78 is 0. The van der Waals surface area contributed by atoms with Crippen LogP contribution in [0.1, 0.15) is 59.5 Å². The molecule has 0 saturated carbocycles. The fourth-order valence-corrected chi connectivity index (χ4v) is 3.84. The number of H-pyrrole nitrogens is 1. The molecule has 0 aromatic carbocycles. The van der Waals surface area contributed by atoms with Crippen LogP contribution in [-0.4, -0.2) is 47.3 Å². The highest BCUT2D eigenvalue weighted by Crippen LogP contribution is 2.23. The number of nitrogens with zero attached hydrogens (tertiary/aromatic N) is 1. The standard InChI is InChI=1S/C18H25N3O3/c1-3-21-6-4-5-12(21)10-19-17(23)14-9-13-15(20-18(14)24)7-11(2)8-16(13)22/h9,11-12H,3-8,10H2,1-2H3,(H,19,23)(H,20,24). The normalized spacial score (nSPS) is 24.0. The minimum atomic E-state index is -0.410. The van der Waals surface area contributed by atoms with E-state index in [9.17, 15) is 14.4 Å². The summed E-state index contributed by atoms with van der Waals surface area (Å²) in [4.78, 5) is 41.9. The van der Waals surface area contributed by atoms with Gasteiger partial charge in [-0.1, -0.05) is 13.8 Å². The van der Waals surface area contributed by atoms with Crippen LogP contribution in [0.5, 0.6) is 0 Å². The number of hydrogen-bond donors (Lipinski definition) is 2. The van der Waals surface area contributed by atoms with Crippen molar-refractivity contribution in [2.45, 2.75) is 45.6 Å². The molecular weight excluding hydrogens is 306 g/mol. The number of likely N-dealkylation sites (N-methyl/N-ethyl adjacent to an activating group) is 1. The molecule has 2 unspecified atom stereocenters. The number of Topliss-reactive ketones (excluding diaryl/α,β-unsaturated/α-hetero) is 1. The number of amides is 1. The van der Waals surface area contributed by atoms with E-state index in [1.807, 2.05) is 6.92 Å². The fraction of sp³-hybridized carbons (Fsp3) is 0.611. The Morgan fingerprint density at radius 2 is 2.17 bits per heavy atom. The molecule has 1 aliphatic carbocycles. The smallest absolute Gasteiger partial charge is 0.261 e. The molecule has 2 heterocycles. The van der Waals surface area contributed by atoms with Gasteiger partial charge in [0.1, 0.15) is 5.56 Å². The van der Waals surface area contributed by atoms with E-state index in [0.29, 0.717) is 36.7 Å². The largest absolute Gasteiger partial charge is 0.350 e. The average molecular weight is 331 g/mol. The Hall–Kier alpha value is -1.95. The molecule has 24 heavy (non-hydrogen) atoms. The molecule has 0 bridgehead atoms. The van der Waals surface area contributed by atoms with E-state index < -0.39 is 11.5 Å². The van der Waals surface area contributed by atoms with Gasteiger partial charge in [0.2, 0.25) is 0 Å². The first-order chi connectivity index (χ1) is 11.5. The zero-order chi connectivity index (χ0) is 17.3. The maximum Gasteiger partial charge on any atom is 0.261 e. The van der Waals surface area contributed by atoms with Crippen molar-refractivity contribution in [2.75, 3.05) is 19.6 Å². The van der Waals surface area contributed by atoms with E-state index in [0.717, 1.165) is 25.9 Å². The Morgan fingerprint density at radius 1 is 1.38 bits per heavy atom. The molecule has 1 aromatic heterocycles. The monoisotopic (exact) mass is 331 g/mol. The summed E-state index contributed by atoms with van der Waals surface area (Å²) in [5.74, 6) is -0.168. The number of hydrogen-bond acceptors (Lipinski definition) is 4. The summed E-state index contributed by atoms with van der Waals surface area (Å²) in [7, 11) is 0. The first kappa shape index (κ1) is 16.9. The summed E-state index contributed by atoms with van der Waals surface area (Å²) in [5, 5.41) is 2.86. The van der Waals surface area contributed by atoms with Gasteiger partial charge in [-0.15, -0.1) is 0 Å². The third kappa shape index (κ3) is 3.29. The molecule has 3 rings (SSSR count). The molecule has 0 spiro atoms. The summed E-state index contributed by atoms with van der Waals surface area (Å²) in [5.41, 5.74) is 0.784. The minimum Gasteiger partial charge on any atom is -0.350 e. The van der Waals surface area contributed by atoms with Gasteiger partial charge in [-0.25, -0.2) is 0 Å². The molecule has 0 radical (unpaired) electrons. The number of rotatable bonds is 4. The van der Waals surface area contributed by atoms with E-state index in [-0.39, 0.29) is 17.3 Å². The molecule has 6 nitrogen and oxygen atoms in total. The van der Waals surface area contributed by atoms with Crippen LogP contribution in [0.2, 0.25) is 0 Å². The number of carbonyl (C=O) groups excluding carboxylic acids is 2. The predicted molar refractivity (Wildman–Crippen MR) is 91.5 cm³/mol.